The monoisotopic (exact) mass is 230 g/mol. The van der Waals surface area contributed by atoms with Crippen LogP contribution in [0.2, 0.25) is 0 Å². The number of rotatable bonds is 3. The summed E-state index contributed by atoms with van der Waals surface area (Å²) in [5, 5.41) is 16.7. The molecule has 0 aromatic rings. The highest BCUT2D eigenvalue weighted by Gasteiger charge is 2.19. The van der Waals surface area contributed by atoms with E-state index in [1.54, 1.807) is 6.92 Å². The molecule has 1 aliphatic rings. The van der Waals surface area contributed by atoms with Gasteiger partial charge in [-0.1, -0.05) is 33.1 Å². The maximum absolute atomic E-state index is 10.4. The van der Waals surface area contributed by atoms with Crippen molar-refractivity contribution in [1.82, 2.24) is 0 Å². The van der Waals surface area contributed by atoms with Gasteiger partial charge in [-0.15, -0.1) is 0 Å². The Morgan fingerprint density at radius 3 is 1.88 bits per heavy atom. The molecule has 0 saturated heterocycles. The molecule has 0 heterocycles. The molecule has 16 heavy (non-hydrogen) atoms. The minimum Gasteiger partial charge on any atom is -0.481 e. The van der Waals surface area contributed by atoms with Crippen molar-refractivity contribution < 1.29 is 19.8 Å². The van der Waals surface area contributed by atoms with Gasteiger partial charge < -0.3 is 10.2 Å². The summed E-state index contributed by atoms with van der Waals surface area (Å²) in [7, 11) is 0. The van der Waals surface area contributed by atoms with Gasteiger partial charge in [0.1, 0.15) is 0 Å². The van der Waals surface area contributed by atoms with Gasteiger partial charge in [-0.3, -0.25) is 9.59 Å². The van der Waals surface area contributed by atoms with Gasteiger partial charge in [-0.2, -0.15) is 0 Å². The summed E-state index contributed by atoms with van der Waals surface area (Å²) in [6, 6.07) is 0. The van der Waals surface area contributed by atoms with E-state index in [9.17, 15) is 9.59 Å². The fourth-order valence-corrected chi connectivity index (χ4v) is 1.52. The van der Waals surface area contributed by atoms with E-state index in [4.69, 9.17) is 10.2 Å². The fraction of sp³-hybridized carbons (Fsp3) is 0.833. The van der Waals surface area contributed by atoms with Crippen LogP contribution < -0.4 is 0 Å². The maximum atomic E-state index is 10.4. The predicted molar refractivity (Wildman–Crippen MR) is 61.3 cm³/mol. The smallest absolute Gasteiger partial charge is 0.306 e. The Labute approximate surface area is 96.7 Å². The minimum absolute atomic E-state index is 0.0289. The molecule has 1 unspecified atom stereocenters. The quantitative estimate of drug-likeness (QED) is 0.781. The largest absolute Gasteiger partial charge is 0.481 e. The van der Waals surface area contributed by atoms with E-state index < -0.39 is 11.9 Å². The second-order valence-electron chi connectivity index (χ2n) is 4.32. The van der Waals surface area contributed by atoms with Crippen LogP contribution in [0.15, 0.2) is 0 Å². The number of carboxylic acid groups (broad SMARTS) is 2. The molecule has 2 N–H and O–H groups in total. The van der Waals surface area contributed by atoms with E-state index in [0.29, 0.717) is 0 Å². The molecule has 0 spiro atoms. The zero-order chi connectivity index (χ0) is 12.6. The Morgan fingerprint density at radius 1 is 1.19 bits per heavy atom. The van der Waals surface area contributed by atoms with Crippen molar-refractivity contribution in [1.29, 1.82) is 0 Å². The van der Waals surface area contributed by atoms with Crippen molar-refractivity contribution in [3.8, 4) is 0 Å². The number of hydrogen-bond donors (Lipinski definition) is 2. The maximum Gasteiger partial charge on any atom is 0.306 e. The highest BCUT2D eigenvalue weighted by atomic mass is 16.4. The number of carboxylic acids is 2. The fourth-order valence-electron chi connectivity index (χ4n) is 1.52. The molecule has 0 bridgehead atoms. The van der Waals surface area contributed by atoms with E-state index in [2.05, 4.69) is 0 Å². The van der Waals surface area contributed by atoms with Crippen LogP contribution in [0, 0.1) is 11.8 Å². The van der Waals surface area contributed by atoms with Gasteiger partial charge >= 0.3 is 11.9 Å². The van der Waals surface area contributed by atoms with Crippen molar-refractivity contribution in [2.45, 2.75) is 52.4 Å². The predicted octanol–water partition coefficient (Wildman–Crippen LogP) is 2.77. The summed E-state index contributed by atoms with van der Waals surface area (Å²) >= 11 is 0. The van der Waals surface area contributed by atoms with Crippen LogP contribution in [-0.4, -0.2) is 22.2 Å². The lowest BCUT2D eigenvalue weighted by Crippen LogP contribution is -2.16. The second kappa shape index (κ2) is 8.13. The third-order valence-electron chi connectivity index (χ3n) is 2.99. The van der Waals surface area contributed by atoms with Crippen LogP contribution in [0.25, 0.3) is 0 Å². The first kappa shape index (κ1) is 14.9. The highest BCUT2D eigenvalue weighted by Crippen LogP contribution is 2.23. The van der Waals surface area contributed by atoms with Crippen molar-refractivity contribution in [2.75, 3.05) is 0 Å². The molecule has 4 nitrogen and oxygen atoms in total. The van der Waals surface area contributed by atoms with Crippen LogP contribution in [0.5, 0.6) is 0 Å². The average Bonchev–Trinajstić information content (AvgIpc) is 2.29. The number of carbonyl (C=O) groups is 2. The summed E-state index contributed by atoms with van der Waals surface area (Å²) in [6.45, 7) is 3.56. The highest BCUT2D eigenvalue weighted by molar-refractivity contribution is 5.70. The van der Waals surface area contributed by atoms with E-state index >= 15 is 0 Å². The second-order valence-corrected chi connectivity index (χ2v) is 4.32. The molecule has 0 aromatic heterocycles. The molecule has 1 atom stereocenters. The van der Waals surface area contributed by atoms with Gasteiger partial charge in [0.05, 0.1) is 11.8 Å². The number of hydrogen-bond acceptors (Lipinski definition) is 2. The Hall–Kier alpha value is -1.06. The Bertz CT molecular complexity index is 219. The first-order valence-corrected chi connectivity index (χ1v) is 5.94. The first-order chi connectivity index (χ1) is 7.49. The molecular weight excluding hydrogens is 208 g/mol. The van der Waals surface area contributed by atoms with Crippen LogP contribution in [0.1, 0.15) is 52.4 Å². The van der Waals surface area contributed by atoms with Crippen LogP contribution in [0.3, 0.4) is 0 Å². The first-order valence-electron chi connectivity index (χ1n) is 5.94. The molecule has 1 saturated carbocycles. The number of aliphatic carboxylic acids is 2. The van der Waals surface area contributed by atoms with Crippen molar-refractivity contribution >= 4 is 11.9 Å². The standard InChI is InChI=1S/C7H12O2.C5H10O2/c8-7(9)6-4-2-1-3-5-6;1-3-4(2)5(6)7/h6H,1-5H2,(H,8,9);4H,3H2,1-2H3,(H,6,7). The molecule has 0 aliphatic heterocycles. The SMILES string of the molecule is CCC(C)C(=O)O.O=C(O)C1CCCCC1. The third kappa shape index (κ3) is 6.43. The summed E-state index contributed by atoms with van der Waals surface area (Å²) in [4.78, 5) is 20.3. The summed E-state index contributed by atoms with van der Waals surface area (Å²) < 4.78 is 0. The van der Waals surface area contributed by atoms with Gasteiger partial charge in [0, 0.05) is 0 Å². The topological polar surface area (TPSA) is 74.6 Å². The zero-order valence-corrected chi connectivity index (χ0v) is 10.1. The zero-order valence-electron chi connectivity index (χ0n) is 10.1. The van der Waals surface area contributed by atoms with Crippen LogP contribution in [-0.2, 0) is 9.59 Å². The lowest BCUT2D eigenvalue weighted by molar-refractivity contribution is -0.143. The Balaban J connectivity index is 0.000000293. The van der Waals surface area contributed by atoms with E-state index in [1.807, 2.05) is 6.92 Å². The Morgan fingerprint density at radius 2 is 1.69 bits per heavy atom. The van der Waals surface area contributed by atoms with E-state index in [1.165, 1.54) is 6.42 Å². The molecule has 1 rings (SSSR count). The van der Waals surface area contributed by atoms with Gasteiger partial charge in [0.25, 0.3) is 0 Å². The van der Waals surface area contributed by atoms with Crippen molar-refractivity contribution in [3.05, 3.63) is 0 Å². The Kier molecular flexibility index (Phi) is 7.60. The molecule has 94 valence electrons. The lowest BCUT2D eigenvalue weighted by atomic mass is 9.90. The van der Waals surface area contributed by atoms with Gasteiger partial charge in [0.15, 0.2) is 0 Å². The summed E-state index contributed by atoms with van der Waals surface area (Å²) in [5.41, 5.74) is 0. The summed E-state index contributed by atoms with van der Waals surface area (Å²) in [5.74, 6) is -1.52. The van der Waals surface area contributed by atoms with Crippen molar-refractivity contribution in [2.24, 2.45) is 11.8 Å². The third-order valence-corrected chi connectivity index (χ3v) is 2.99. The molecule has 1 aliphatic carbocycles. The van der Waals surface area contributed by atoms with Crippen molar-refractivity contribution in [3.63, 3.8) is 0 Å². The molecule has 0 amide bonds. The van der Waals surface area contributed by atoms with Crippen LogP contribution >= 0.6 is 0 Å². The van der Waals surface area contributed by atoms with Gasteiger partial charge in [-0.25, -0.2) is 0 Å². The van der Waals surface area contributed by atoms with E-state index in [0.717, 1.165) is 32.1 Å². The molecule has 0 aromatic carbocycles. The minimum atomic E-state index is -0.706. The molecule has 0 radical (unpaired) electrons. The summed E-state index contributed by atoms with van der Waals surface area (Å²) in [6.07, 6.45) is 5.96. The normalized spacial score (nSPS) is 18.1. The molecule has 1 fully saturated rings. The van der Waals surface area contributed by atoms with Crippen LogP contribution in [0.4, 0.5) is 0 Å². The lowest BCUT2D eigenvalue weighted by Gasteiger charge is -2.16. The molecular formula is C12H22O4. The molecule has 4 heteroatoms. The van der Waals surface area contributed by atoms with Gasteiger partial charge in [-0.05, 0) is 19.3 Å². The van der Waals surface area contributed by atoms with E-state index in [-0.39, 0.29) is 11.8 Å². The average molecular weight is 230 g/mol. The van der Waals surface area contributed by atoms with Gasteiger partial charge in [0.2, 0.25) is 0 Å².